The van der Waals surface area contributed by atoms with E-state index in [1.165, 1.54) is 0 Å². The molecule has 2 rings (SSSR count). The van der Waals surface area contributed by atoms with E-state index in [0.29, 0.717) is 0 Å². The molecule has 0 aromatic heterocycles. The van der Waals surface area contributed by atoms with Crippen molar-refractivity contribution in [2.75, 3.05) is 26.3 Å². The molecule has 0 amide bonds. The zero-order valence-electron chi connectivity index (χ0n) is 7.08. The van der Waals surface area contributed by atoms with Crippen LogP contribution in [0.3, 0.4) is 0 Å². The molecule has 2 fully saturated rings. The summed E-state index contributed by atoms with van der Waals surface area (Å²) in [6.45, 7) is 3.62. The first-order chi connectivity index (χ1) is 5.31. The van der Waals surface area contributed by atoms with Gasteiger partial charge in [-0.15, -0.1) is 12.4 Å². The number of ether oxygens (including phenoxy) is 1. The molecular formula is C8H16ClNO2. The van der Waals surface area contributed by atoms with Crippen molar-refractivity contribution in [1.82, 2.24) is 5.32 Å². The van der Waals surface area contributed by atoms with Crippen LogP contribution in [0, 0.1) is 5.41 Å². The molecule has 0 aromatic carbocycles. The smallest absolute Gasteiger partial charge is 0.0591 e. The van der Waals surface area contributed by atoms with Gasteiger partial charge in [0.25, 0.3) is 0 Å². The summed E-state index contributed by atoms with van der Waals surface area (Å²) in [5.74, 6) is 0. The second-order valence-corrected chi connectivity index (χ2v) is 3.79. The Morgan fingerprint density at radius 2 is 2.17 bits per heavy atom. The monoisotopic (exact) mass is 193 g/mol. The number of rotatable bonds is 0. The van der Waals surface area contributed by atoms with Gasteiger partial charge in [0.05, 0.1) is 19.3 Å². The van der Waals surface area contributed by atoms with Gasteiger partial charge in [0.15, 0.2) is 0 Å². The maximum Gasteiger partial charge on any atom is 0.0591 e. The zero-order chi connectivity index (χ0) is 7.73. The first-order valence-corrected chi connectivity index (χ1v) is 4.27. The van der Waals surface area contributed by atoms with Gasteiger partial charge < -0.3 is 15.2 Å². The number of aliphatic hydroxyl groups is 1. The van der Waals surface area contributed by atoms with E-state index in [0.717, 1.165) is 39.1 Å². The Morgan fingerprint density at radius 3 is 2.83 bits per heavy atom. The summed E-state index contributed by atoms with van der Waals surface area (Å²) in [5, 5.41) is 12.5. The van der Waals surface area contributed by atoms with E-state index >= 15 is 0 Å². The molecule has 1 heterocycles. The number of hydrogen-bond donors (Lipinski definition) is 2. The highest BCUT2D eigenvalue weighted by atomic mass is 35.5. The van der Waals surface area contributed by atoms with E-state index in [2.05, 4.69) is 5.32 Å². The van der Waals surface area contributed by atoms with Crippen LogP contribution in [0.25, 0.3) is 0 Å². The average molecular weight is 194 g/mol. The fourth-order valence-corrected chi connectivity index (χ4v) is 2.04. The molecular weight excluding hydrogens is 178 g/mol. The van der Waals surface area contributed by atoms with Crippen molar-refractivity contribution < 1.29 is 9.84 Å². The summed E-state index contributed by atoms with van der Waals surface area (Å²) in [6.07, 6.45) is 1.76. The van der Waals surface area contributed by atoms with Gasteiger partial charge in [0.1, 0.15) is 0 Å². The van der Waals surface area contributed by atoms with E-state index in [4.69, 9.17) is 4.74 Å². The SMILES string of the molecule is Cl.OC1CC2(CNCCOC2)C1. The minimum absolute atomic E-state index is 0. The lowest BCUT2D eigenvalue weighted by atomic mass is 9.67. The van der Waals surface area contributed by atoms with Gasteiger partial charge >= 0.3 is 0 Å². The minimum atomic E-state index is -0.0708. The molecule has 1 aliphatic carbocycles. The van der Waals surface area contributed by atoms with E-state index in [-0.39, 0.29) is 23.9 Å². The van der Waals surface area contributed by atoms with Crippen molar-refractivity contribution in [3.05, 3.63) is 0 Å². The summed E-state index contributed by atoms with van der Waals surface area (Å²) in [5.41, 5.74) is 0.274. The molecule has 72 valence electrons. The van der Waals surface area contributed by atoms with Gasteiger partial charge in [-0.1, -0.05) is 0 Å². The third kappa shape index (κ3) is 1.91. The van der Waals surface area contributed by atoms with Gasteiger partial charge in [-0.3, -0.25) is 0 Å². The highest BCUT2D eigenvalue weighted by Crippen LogP contribution is 2.41. The van der Waals surface area contributed by atoms with Crippen LogP contribution in [-0.4, -0.2) is 37.5 Å². The number of nitrogens with one attached hydrogen (secondary N) is 1. The van der Waals surface area contributed by atoms with Crippen LogP contribution in [0.4, 0.5) is 0 Å². The molecule has 0 radical (unpaired) electrons. The molecule has 1 aliphatic heterocycles. The summed E-state index contributed by atoms with van der Waals surface area (Å²) in [7, 11) is 0. The quantitative estimate of drug-likeness (QED) is 0.577. The van der Waals surface area contributed by atoms with Crippen molar-refractivity contribution in [2.45, 2.75) is 18.9 Å². The molecule has 2 N–H and O–H groups in total. The van der Waals surface area contributed by atoms with Crippen molar-refractivity contribution in [3.8, 4) is 0 Å². The Kier molecular flexibility index (Phi) is 3.35. The molecule has 3 nitrogen and oxygen atoms in total. The topological polar surface area (TPSA) is 41.5 Å². The zero-order valence-corrected chi connectivity index (χ0v) is 7.90. The predicted molar refractivity (Wildman–Crippen MR) is 48.6 cm³/mol. The Balaban J connectivity index is 0.000000720. The number of halogens is 1. The van der Waals surface area contributed by atoms with Crippen LogP contribution in [0.15, 0.2) is 0 Å². The Labute approximate surface area is 78.9 Å². The molecule has 1 spiro atoms. The minimum Gasteiger partial charge on any atom is -0.393 e. The molecule has 1 saturated heterocycles. The van der Waals surface area contributed by atoms with E-state index in [1.807, 2.05) is 0 Å². The molecule has 2 aliphatic rings. The van der Waals surface area contributed by atoms with Gasteiger partial charge in [-0.05, 0) is 12.8 Å². The molecule has 0 aromatic rings. The Bertz CT molecular complexity index is 138. The largest absolute Gasteiger partial charge is 0.393 e. The van der Waals surface area contributed by atoms with Gasteiger partial charge in [0, 0.05) is 18.5 Å². The Morgan fingerprint density at radius 1 is 1.42 bits per heavy atom. The number of aliphatic hydroxyl groups excluding tert-OH is 1. The van der Waals surface area contributed by atoms with Crippen molar-refractivity contribution in [1.29, 1.82) is 0 Å². The van der Waals surface area contributed by atoms with E-state index < -0.39 is 0 Å². The summed E-state index contributed by atoms with van der Waals surface area (Å²) in [4.78, 5) is 0. The summed E-state index contributed by atoms with van der Waals surface area (Å²) >= 11 is 0. The highest BCUT2D eigenvalue weighted by molar-refractivity contribution is 5.85. The number of hydrogen-bond acceptors (Lipinski definition) is 3. The maximum atomic E-state index is 9.17. The molecule has 12 heavy (non-hydrogen) atoms. The molecule has 0 unspecified atom stereocenters. The maximum absolute atomic E-state index is 9.17. The van der Waals surface area contributed by atoms with Crippen molar-refractivity contribution in [2.24, 2.45) is 5.41 Å². The molecule has 0 atom stereocenters. The fourth-order valence-electron chi connectivity index (χ4n) is 2.04. The van der Waals surface area contributed by atoms with Crippen molar-refractivity contribution >= 4 is 12.4 Å². The highest BCUT2D eigenvalue weighted by Gasteiger charge is 2.43. The first kappa shape index (κ1) is 10.3. The normalized spacial score (nSPS) is 41.2. The standard InChI is InChI=1S/C8H15NO2.ClH/c10-7-3-8(4-7)5-9-1-2-11-6-8;/h7,9-10H,1-6H2;1H. The van der Waals surface area contributed by atoms with Crippen LogP contribution in [0.1, 0.15) is 12.8 Å². The first-order valence-electron chi connectivity index (χ1n) is 4.27. The van der Waals surface area contributed by atoms with Gasteiger partial charge in [-0.25, -0.2) is 0 Å². The van der Waals surface area contributed by atoms with Gasteiger partial charge in [0.2, 0.25) is 0 Å². The van der Waals surface area contributed by atoms with Crippen LogP contribution in [-0.2, 0) is 4.74 Å². The lowest BCUT2D eigenvalue weighted by Gasteiger charge is -2.44. The van der Waals surface area contributed by atoms with E-state index in [1.54, 1.807) is 0 Å². The second kappa shape index (κ2) is 3.92. The van der Waals surface area contributed by atoms with Crippen LogP contribution < -0.4 is 5.32 Å². The van der Waals surface area contributed by atoms with Crippen LogP contribution in [0.2, 0.25) is 0 Å². The second-order valence-electron chi connectivity index (χ2n) is 3.79. The summed E-state index contributed by atoms with van der Waals surface area (Å²) < 4.78 is 5.43. The summed E-state index contributed by atoms with van der Waals surface area (Å²) in [6, 6.07) is 0. The molecule has 0 bridgehead atoms. The predicted octanol–water partition coefficient (Wildman–Crippen LogP) is 0.169. The van der Waals surface area contributed by atoms with Gasteiger partial charge in [-0.2, -0.15) is 0 Å². The lowest BCUT2D eigenvalue weighted by molar-refractivity contribution is -0.0693. The third-order valence-corrected chi connectivity index (χ3v) is 2.67. The third-order valence-electron chi connectivity index (χ3n) is 2.67. The lowest BCUT2D eigenvalue weighted by Crippen LogP contribution is -2.49. The van der Waals surface area contributed by atoms with E-state index in [9.17, 15) is 5.11 Å². The van der Waals surface area contributed by atoms with Crippen LogP contribution >= 0.6 is 12.4 Å². The Hall–Kier alpha value is 0.170. The average Bonchev–Trinajstić information content (AvgIpc) is 2.12. The molecule has 1 saturated carbocycles. The van der Waals surface area contributed by atoms with Crippen LogP contribution in [0.5, 0.6) is 0 Å². The molecule has 4 heteroatoms. The fraction of sp³-hybridized carbons (Fsp3) is 1.00. The van der Waals surface area contributed by atoms with Crippen molar-refractivity contribution in [3.63, 3.8) is 0 Å².